The van der Waals surface area contributed by atoms with Crippen LogP contribution in [0.2, 0.25) is 0 Å². The molecule has 2 amide bonds. The first kappa shape index (κ1) is 21.5. The summed E-state index contributed by atoms with van der Waals surface area (Å²) in [6.45, 7) is 5.86. The van der Waals surface area contributed by atoms with Gasteiger partial charge in [0.25, 0.3) is 0 Å². The summed E-state index contributed by atoms with van der Waals surface area (Å²) in [5, 5.41) is 14.3. The normalized spacial score (nSPS) is 16.6. The highest BCUT2D eigenvalue weighted by molar-refractivity contribution is 7.11. The Kier molecular flexibility index (Phi) is 6.97. The molecule has 0 spiro atoms. The summed E-state index contributed by atoms with van der Waals surface area (Å²) >= 11 is 1.71. The molecule has 2 heterocycles. The summed E-state index contributed by atoms with van der Waals surface area (Å²) in [6, 6.07) is 20.1. The molecule has 1 unspecified atom stereocenters. The minimum atomic E-state index is -0.172. The molecule has 0 saturated carbocycles. The van der Waals surface area contributed by atoms with Gasteiger partial charge in [0.05, 0.1) is 6.04 Å². The second kappa shape index (κ2) is 10.1. The van der Waals surface area contributed by atoms with Gasteiger partial charge < -0.3 is 10.2 Å². The number of rotatable bonds is 6. The number of hydrogen-bond acceptors (Lipinski definition) is 4. The Morgan fingerprint density at radius 1 is 1.06 bits per heavy atom. The summed E-state index contributed by atoms with van der Waals surface area (Å²) in [4.78, 5) is 15.2. The van der Waals surface area contributed by atoms with Crippen molar-refractivity contribution in [2.75, 3.05) is 13.1 Å². The van der Waals surface area contributed by atoms with Crippen LogP contribution in [0.1, 0.15) is 59.8 Å². The van der Waals surface area contributed by atoms with Crippen LogP contribution in [0.25, 0.3) is 0 Å². The van der Waals surface area contributed by atoms with Gasteiger partial charge in [0.2, 0.25) is 0 Å². The molecule has 162 valence electrons. The van der Waals surface area contributed by atoms with Gasteiger partial charge in [-0.2, -0.15) is 0 Å². The van der Waals surface area contributed by atoms with E-state index >= 15 is 0 Å². The fourth-order valence-corrected chi connectivity index (χ4v) is 5.27. The van der Waals surface area contributed by atoms with Crippen LogP contribution in [-0.4, -0.2) is 34.2 Å². The first-order valence-corrected chi connectivity index (χ1v) is 11.9. The lowest BCUT2D eigenvalue weighted by Crippen LogP contribution is -2.46. The Hall–Kier alpha value is -2.73. The highest BCUT2D eigenvalue weighted by Crippen LogP contribution is 2.30. The molecule has 3 aromatic rings. The van der Waals surface area contributed by atoms with E-state index in [0.717, 1.165) is 46.9 Å². The van der Waals surface area contributed by atoms with Crippen LogP contribution >= 0.6 is 11.3 Å². The highest BCUT2D eigenvalue weighted by Gasteiger charge is 2.29. The van der Waals surface area contributed by atoms with Gasteiger partial charge in [-0.25, -0.2) is 4.79 Å². The topological polar surface area (TPSA) is 58.1 Å². The van der Waals surface area contributed by atoms with Gasteiger partial charge >= 0.3 is 6.03 Å². The van der Waals surface area contributed by atoms with Crippen molar-refractivity contribution in [1.29, 1.82) is 0 Å². The predicted octanol–water partition coefficient (Wildman–Crippen LogP) is 5.42. The van der Waals surface area contributed by atoms with Crippen molar-refractivity contribution in [3.8, 4) is 0 Å². The van der Waals surface area contributed by atoms with Crippen LogP contribution in [0.4, 0.5) is 4.79 Å². The molecule has 0 radical (unpaired) electrons. The zero-order chi connectivity index (χ0) is 21.6. The van der Waals surface area contributed by atoms with E-state index in [1.807, 2.05) is 41.3 Å². The van der Waals surface area contributed by atoms with Gasteiger partial charge in [0, 0.05) is 25.4 Å². The molecule has 2 aromatic carbocycles. The van der Waals surface area contributed by atoms with Crippen molar-refractivity contribution in [3.63, 3.8) is 0 Å². The molecular weight excluding hydrogens is 404 g/mol. The molecule has 31 heavy (non-hydrogen) atoms. The van der Waals surface area contributed by atoms with Crippen molar-refractivity contribution in [2.24, 2.45) is 5.92 Å². The molecule has 6 heteroatoms. The van der Waals surface area contributed by atoms with Crippen LogP contribution in [0, 0.1) is 5.92 Å². The molecule has 1 N–H and O–H groups in total. The first-order chi connectivity index (χ1) is 15.1. The van der Waals surface area contributed by atoms with E-state index in [-0.39, 0.29) is 18.0 Å². The van der Waals surface area contributed by atoms with Crippen LogP contribution in [0.5, 0.6) is 0 Å². The Balaban J connectivity index is 1.47. The molecule has 1 aliphatic rings. The summed E-state index contributed by atoms with van der Waals surface area (Å²) in [5.74, 6) is 0.840. The van der Waals surface area contributed by atoms with Crippen molar-refractivity contribution in [2.45, 2.75) is 45.1 Å². The third-order valence-corrected chi connectivity index (χ3v) is 6.76. The summed E-state index contributed by atoms with van der Waals surface area (Å²) in [6.07, 6.45) is 3.00. The summed E-state index contributed by atoms with van der Waals surface area (Å²) < 4.78 is 0. The Morgan fingerprint density at radius 3 is 2.32 bits per heavy atom. The maximum Gasteiger partial charge on any atom is 0.318 e. The number of amides is 2. The minimum absolute atomic E-state index is 0.0191. The number of urea groups is 1. The number of likely N-dealkylation sites (tertiary alicyclic amines) is 1. The van der Waals surface area contributed by atoms with E-state index < -0.39 is 0 Å². The molecule has 1 fully saturated rings. The molecule has 0 bridgehead atoms. The molecule has 1 aromatic heterocycles. The molecule has 5 nitrogen and oxygen atoms in total. The second-order valence-corrected chi connectivity index (χ2v) is 9.71. The second-order valence-electron chi connectivity index (χ2n) is 8.62. The van der Waals surface area contributed by atoms with E-state index in [0.29, 0.717) is 12.5 Å². The number of benzene rings is 2. The number of hydrogen-bond donors (Lipinski definition) is 1. The number of piperidine rings is 1. The molecule has 1 saturated heterocycles. The van der Waals surface area contributed by atoms with Crippen molar-refractivity contribution >= 4 is 17.4 Å². The predicted molar refractivity (Wildman–Crippen MR) is 125 cm³/mol. The lowest BCUT2D eigenvalue weighted by molar-refractivity contribution is 0.177. The van der Waals surface area contributed by atoms with Crippen molar-refractivity contribution < 1.29 is 4.79 Å². The lowest BCUT2D eigenvalue weighted by Gasteiger charge is -2.33. The quantitative estimate of drug-likeness (QED) is 0.564. The van der Waals surface area contributed by atoms with E-state index in [9.17, 15) is 4.79 Å². The number of carbonyl (C=O) groups excluding carboxylic acids is 1. The lowest BCUT2D eigenvalue weighted by atomic mass is 9.98. The standard InChI is InChI=1S/C25H30N4OS/c1-18(2)16-22-27-28-24(31-22)21-14-9-15-29(17-21)25(30)26-23(19-10-5-3-6-11-19)20-12-7-4-8-13-20/h3-8,10-13,18,21,23H,9,14-17H2,1-2H3,(H,26,30). The average molecular weight is 435 g/mol. The first-order valence-electron chi connectivity index (χ1n) is 11.1. The average Bonchev–Trinajstić information content (AvgIpc) is 3.26. The van der Waals surface area contributed by atoms with Gasteiger partial charge in [-0.3, -0.25) is 0 Å². The number of nitrogens with zero attached hydrogens (tertiary/aromatic N) is 3. The third kappa shape index (κ3) is 5.50. The number of nitrogens with one attached hydrogen (secondary N) is 1. The van der Waals surface area contributed by atoms with Gasteiger partial charge in [-0.15, -0.1) is 21.5 Å². The van der Waals surface area contributed by atoms with Gasteiger partial charge in [-0.1, -0.05) is 74.5 Å². The fourth-order valence-electron chi connectivity index (χ4n) is 4.09. The Labute approximate surface area is 188 Å². The monoisotopic (exact) mass is 434 g/mol. The summed E-state index contributed by atoms with van der Waals surface area (Å²) in [5.41, 5.74) is 2.16. The van der Waals surface area contributed by atoms with Gasteiger partial charge in [0.15, 0.2) is 0 Å². The van der Waals surface area contributed by atoms with Gasteiger partial charge in [-0.05, 0) is 29.9 Å². The van der Waals surface area contributed by atoms with E-state index in [2.05, 4.69) is 53.6 Å². The fraction of sp³-hybridized carbons (Fsp3) is 0.400. The molecule has 1 atom stereocenters. The van der Waals surface area contributed by atoms with E-state index in [1.165, 1.54) is 0 Å². The SMILES string of the molecule is CC(C)Cc1nnc(C2CCCN(C(=O)NC(c3ccccc3)c3ccccc3)C2)s1. The highest BCUT2D eigenvalue weighted by atomic mass is 32.1. The maximum atomic E-state index is 13.3. The third-order valence-electron chi connectivity index (χ3n) is 5.66. The Bertz CT molecular complexity index is 934. The molecule has 1 aliphatic heterocycles. The number of aromatic nitrogens is 2. The smallest absolute Gasteiger partial charge is 0.318 e. The van der Waals surface area contributed by atoms with Crippen LogP contribution < -0.4 is 5.32 Å². The van der Waals surface area contributed by atoms with Crippen LogP contribution in [0.15, 0.2) is 60.7 Å². The largest absolute Gasteiger partial charge is 0.327 e. The zero-order valence-corrected chi connectivity index (χ0v) is 19.0. The maximum absolute atomic E-state index is 13.3. The van der Waals surface area contributed by atoms with E-state index in [4.69, 9.17) is 0 Å². The molecular formula is C25H30N4OS. The van der Waals surface area contributed by atoms with E-state index in [1.54, 1.807) is 11.3 Å². The van der Waals surface area contributed by atoms with Crippen LogP contribution in [-0.2, 0) is 6.42 Å². The molecule has 4 rings (SSSR count). The minimum Gasteiger partial charge on any atom is -0.327 e. The summed E-state index contributed by atoms with van der Waals surface area (Å²) in [7, 11) is 0. The van der Waals surface area contributed by atoms with Crippen molar-refractivity contribution in [1.82, 2.24) is 20.4 Å². The molecule has 0 aliphatic carbocycles. The Morgan fingerprint density at radius 2 is 1.71 bits per heavy atom. The van der Waals surface area contributed by atoms with Crippen molar-refractivity contribution in [3.05, 3.63) is 81.8 Å². The number of carbonyl (C=O) groups is 1. The van der Waals surface area contributed by atoms with Crippen LogP contribution in [0.3, 0.4) is 0 Å². The zero-order valence-electron chi connectivity index (χ0n) is 18.2. The van der Waals surface area contributed by atoms with Gasteiger partial charge in [0.1, 0.15) is 10.0 Å².